The average molecular weight is 304 g/mol. The number of carbonyl (C=O) groups is 2. The molecule has 1 aliphatic rings. The number of rotatable bonds is 3. The highest BCUT2D eigenvalue weighted by Gasteiger charge is 2.38. The van der Waals surface area contributed by atoms with E-state index in [-0.39, 0.29) is 16.0 Å². The number of halogens is 2. The number of carboxylic acids is 1. The van der Waals surface area contributed by atoms with Gasteiger partial charge in [-0.05, 0) is 12.8 Å². The summed E-state index contributed by atoms with van der Waals surface area (Å²) in [6.07, 6.45) is 2.94. The molecule has 0 aromatic carbocycles. The first-order chi connectivity index (χ1) is 9.00. The zero-order chi connectivity index (χ0) is 14.0. The highest BCUT2D eigenvalue weighted by Crippen LogP contribution is 2.33. The van der Waals surface area contributed by atoms with Crippen molar-refractivity contribution in [1.29, 1.82) is 0 Å². The average Bonchev–Trinajstić information content (AvgIpc) is 2.84. The largest absolute Gasteiger partial charge is 0.481 e. The van der Waals surface area contributed by atoms with Crippen molar-refractivity contribution in [2.24, 2.45) is 11.8 Å². The van der Waals surface area contributed by atoms with Crippen LogP contribution in [0.2, 0.25) is 10.2 Å². The number of aliphatic carboxylic acids is 1. The summed E-state index contributed by atoms with van der Waals surface area (Å²) >= 11 is 11.6. The van der Waals surface area contributed by atoms with Gasteiger partial charge >= 0.3 is 5.97 Å². The molecule has 0 bridgehead atoms. The molecule has 19 heavy (non-hydrogen) atoms. The second-order valence-electron chi connectivity index (χ2n) is 4.30. The van der Waals surface area contributed by atoms with Crippen LogP contribution >= 0.6 is 23.2 Å². The third-order valence-corrected chi connectivity index (χ3v) is 3.90. The van der Waals surface area contributed by atoms with Gasteiger partial charge in [0.1, 0.15) is 11.3 Å². The zero-order valence-corrected chi connectivity index (χ0v) is 11.3. The van der Waals surface area contributed by atoms with Crippen LogP contribution in [0.5, 0.6) is 0 Å². The van der Waals surface area contributed by atoms with Gasteiger partial charge in [0.2, 0.25) is 5.91 Å². The molecule has 0 spiro atoms. The molecule has 0 saturated heterocycles. The van der Waals surface area contributed by atoms with Crippen LogP contribution in [0.1, 0.15) is 19.3 Å². The minimum absolute atomic E-state index is 0.0353. The van der Waals surface area contributed by atoms with E-state index >= 15 is 0 Å². The summed E-state index contributed by atoms with van der Waals surface area (Å²) in [7, 11) is 0. The summed E-state index contributed by atoms with van der Waals surface area (Å²) in [5, 5.41) is 11.6. The van der Waals surface area contributed by atoms with Crippen molar-refractivity contribution in [2.45, 2.75) is 19.3 Å². The third kappa shape index (κ3) is 2.96. The SMILES string of the molecule is O=C(O)C1CCCC1C(=O)Nc1ncnc(Cl)c1Cl. The quantitative estimate of drug-likeness (QED) is 0.835. The smallest absolute Gasteiger partial charge is 0.307 e. The number of nitrogens with one attached hydrogen (secondary N) is 1. The highest BCUT2D eigenvalue weighted by molar-refractivity contribution is 6.42. The van der Waals surface area contributed by atoms with Gasteiger partial charge in [-0.2, -0.15) is 0 Å². The Labute approximate surface area is 119 Å². The summed E-state index contributed by atoms with van der Waals surface area (Å²) in [4.78, 5) is 30.6. The fourth-order valence-electron chi connectivity index (χ4n) is 2.21. The van der Waals surface area contributed by atoms with Crippen LogP contribution < -0.4 is 5.32 Å². The van der Waals surface area contributed by atoms with Crippen LogP contribution in [0.25, 0.3) is 0 Å². The lowest BCUT2D eigenvalue weighted by Gasteiger charge is -2.15. The molecular formula is C11H11Cl2N3O3. The normalized spacial score (nSPS) is 22.2. The van der Waals surface area contributed by atoms with Gasteiger partial charge in [0, 0.05) is 0 Å². The molecular weight excluding hydrogens is 293 g/mol. The van der Waals surface area contributed by atoms with E-state index in [0.29, 0.717) is 19.3 Å². The van der Waals surface area contributed by atoms with E-state index in [2.05, 4.69) is 15.3 Å². The van der Waals surface area contributed by atoms with Gasteiger partial charge in [-0.1, -0.05) is 29.6 Å². The molecule has 102 valence electrons. The molecule has 1 saturated carbocycles. The Kier molecular flexibility index (Phi) is 4.21. The molecule has 1 heterocycles. The molecule has 8 heteroatoms. The van der Waals surface area contributed by atoms with Gasteiger partial charge in [-0.25, -0.2) is 9.97 Å². The summed E-state index contributed by atoms with van der Waals surface area (Å²) in [6.45, 7) is 0. The number of hydrogen-bond donors (Lipinski definition) is 2. The maximum Gasteiger partial charge on any atom is 0.307 e. The lowest BCUT2D eigenvalue weighted by molar-refractivity contribution is -0.145. The van der Waals surface area contributed by atoms with E-state index in [1.165, 1.54) is 6.33 Å². The molecule has 2 N–H and O–H groups in total. The molecule has 2 atom stereocenters. The lowest BCUT2D eigenvalue weighted by Crippen LogP contribution is -2.30. The number of carbonyl (C=O) groups excluding carboxylic acids is 1. The van der Waals surface area contributed by atoms with Crippen LogP contribution in [0.15, 0.2) is 6.33 Å². The Bertz CT molecular complexity index is 524. The molecule has 0 radical (unpaired) electrons. The summed E-state index contributed by atoms with van der Waals surface area (Å²) < 4.78 is 0. The van der Waals surface area contributed by atoms with Crippen molar-refractivity contribution in [3.63, 3.8) is 0 Å². The number of amides is 1. The zero-order valence-electron chi connectivity index (χ0n) is 9.77. The molecule has 1 aromatic heterocycles. The van der Waals surface area contributed by atoms with Crippen LogP contribution in [-0.4, -0.2) is 27.0 Å². The molecule has 1 aliphatic carbocycles. The molecule has 1 aromatic rings. The number of nitrogens with zero attached hydrogens (tertiary/aromatic N) is 2. The standard InChI is InChI=1S/C11H11Cl2N3O3/c12-7-8(13)14-4-15-9(7)16-10(17)5-2-1-3-6(5)11(18)19/h4-6H,1-3H2,(H,18,19)(H,14,15,16,17). The van der Waals surface area contributed by atoms with Crippen molar-refractivity contribution in [3.8, 4) is 0 Å². The number of aromatic nitrogens is 2. The third-order valence-electron chi connectivity index (χ3n) is 3.16. The van der Waals surface area contributed by atoms with Crippen LogP contribution in [0, 0.1) is 11.8 Å². The fraction of sp³-hybridized carbons (Fsp3) is 0.455. The van der Waals surface area contributed by atoms with Crippen LogP contribution in [0.4, 0.5) is 5.82 Å². The number of anilines is 1. The van der Waals surface area contributed by atoms with Crippen LogP contribution in [-0.2, 0) is 9.59 Å². The Morgan fingerprint density at radius 1 is 1.26 bits per heavy atom. The Balaban J connectivity index is 2.13. The maximum atomic E-state index is 12.1. The molecule has 2 rings (SSSR count). The summed E-state index contributed by atoms with van der Waals surface area (Å²) in [5.41, 5.74) is 0. The molecule has 1 fully saturated rings. The van der Waals surface area contributed by atoms with E-state index in [4.69, 9.17) is 28.3 Å². The minimum Gasteiger partial charge on any atom is -0.481 e. The van der Waals surface area contributed by atoms with Crippen molar-refractivity contribution in [1.82, 2.24) is 9.97 Å². The van der Waals surface area contributed by atoms with E-state index in [0.717, 1.165) is 0 Å². The maximum absolute atomic E-state index is 12.1. The van der Waals surface area contributed by atoms with Gasteiger partial charge in [-0.3, -0.25) is 9.59 Å². The number of carboxylic acid groups (broad SMARTS) is 1. The van der Waals surface area contributed by atoms with Gasteiger partial charge < -0.3 is 10.4 Å². The Hall–Kier alpha value is -1.40. The Morgan fingerprint density at radius 2 is 1.95 bits per heavy atom. The van der Waals surface area contributed by atoms with Crippen molar-refractivity contribution >= 4 is 40.9 Å². The van der Waals surface area contributed by atoms with Crippen LogP contribution in [0.3, 0.4) is 0 Å². The first-order valence-corrected chi connectivity index (χ1v) is 6.46. The predicted octanol–water partition coefficient (Wildman–Crippen LogP) is 2.22. The molecule has 2 unspecified atom stereocenters. The predicted molar refractivity (Wildman–Crippen MR) is 69.1 cm³/mol. The first kappa shape index (κ1) is 14.0. The Morgan fingerprint density at radius 3 is 2.63 bits per heavy atom. The molecule has 6 nitrogen and oxygen atoms in total. The van der Waals surface area contributed by atoms with Crippen molar-refractivity contribution < 1.29 is 14.7 Å². The molecule has 0 aliphatic heterocycles. The van der Waals surface area contributed by atoms with E-state index in [1.54, 1.807) is 0 Å². The lowest BCUT2D eigenvalue weighted by atomic mass is 9.95. The molecule has 1 amide bonds. The fourth-order valence-corrected chi connectivity index (χ4v) is 2.49. The van der Waals surface area contributed by atoms with Gasteiger partial charge in [0.05, 0.1) is 11.8 Å². The second-order valence-corrected chi connectivity index (χ2v) is 5.03. The second kappa shape index (κ2) is 5.71. The van der Waals surface area contributed by atoms with E-state index < -0.39 is 23.7 Å². The van der Waals surface area contributed by atoms with Gasteiger partial charge in [-0.15, -0.1) is 0 Å². The van der Waals surface area contributed by atoms with Gasteiger partial charge in [0.15, 0.2) is 11.0 Å². The van der Waals surface area contributed by atoms with Crippen molar-refractivity contribution in [2.75, 3.05) is 5.32 Å². The van der Waals surface area contributed by atoms with Gasteiger partial charge in [0.25, 0.3) is 0 Å². The number of hydrogen-bond acceptors (Lipinski definition) is 4. The minimum atomic E-state index is -0.954. The van der Waals surface area contributed by atoms with Crippen molar-refractivity contribution in [3.05, 3.63) is 16.5 Å². The van der Waals surface area contributed by atoms with E-state index in [9.17, 15) is 9.59 Å². The summed E-state index contributed by atoms with van der Waals surface area (Å²) in [5.74, 6) is -2.48. The van der Waals surface area contributed by atoms with E-state index in [1.807, 2.05) is 0 Å². The first-order valence-electron chi connectivity index (χ1n) is 5.70. The topological polar surface area (TPSA) is 92.2 Å². The highest BCUT2D eigenvalue weighted by atomic mass is 35.5. The summed E-state index contributed by atoms with van der Waals surface area (Å²) in [6, 6.07) is 0. The monoisotopic (exact) mass is 303 g/mol.